The number of hydrogen-bond acceptors (Lipinski definition) is 1. The van der Waals surface area contributed by atoms with E-state index in [0.717, 1.165) is 22.5 Å². The molecule has 0 spiro atoms. The molecule has 0 saturated carbocycles. The van der Waals surface area contributed by atoms with Crippen molar-refractivity contribution >= 4 is 38.1 Å². The highest BCUT2D eigenvalue weighted by Crippen LogP contribution is 2.20. The molecular weight excluding hydrogens is 296 g/mol. The summed E-state index contributed by atoms with van der Waals surface area (Å²) in [6, 6.07) is 6.20. The molecule has 0 bridgehead atoms. The van der Waals surface area contributed by atoms with Gasteiger partial charge in [0.15, 0.2) is 0 Å². The Hall–Kier alpha value is -0.150. The van der Waals surface area contributed by atoms with Crippen LogP contribution in [0.3, 0.4) is 0 Å². The van der Waals surface area contributed by atoms with Gasteiger partial charge in [-0.2, -0.15) is 0 Å². The summed E-state index contributed by atoms with van der Waals surface area (Å²) in [6.45, 7) is 0. The van der Waals surface area contributed by atoms with Crippen LogP contribution in [0.4, 0.5) is 0 Å². The van der Waals surface area contributed by atoms with Gasteiger partial charge in [-0.3, -0.25) is 0 Å². The molecule has 3 heteroatoms. The predicted molar refractivity (Wildman–Crippen MR) is 61.2 cm³/mol. The molecule has 0 saturated heterocycles. The lowest BCUT2D eigenvalue weighted by molar-refractivity contribution is -0.107. The second-order valence-corrected chi connectivity index (χ2v) is 4.18. The van der Waals surface area contributed by atoms with Crippen molar-refractivity contribution in [3.05, 3.63) is 33.8 Å². The van der Waals surface area contributed by atoms with Crippen LogP contribution >= 0.6 is 31.9 Å². The quantitative estimate of drug-likeness (QED) is 0.615. The SMILES string of the molecule is O=CCCc1cc(CBr)ccc1Br. The number of aryl methyl sites for hydroxylation is 1. The Morgan fingerprint density at radius 3 is 2.77 bits per heavy atom. The van der Waals surface area contributed by atoms with Crippen molar-refractivity contribution in [2.24, 2.45) is 0 Å². The lowest BCUT2D eigenvalue weighted by atomic mass is 10.1. The summed E-state index contributed by atoms with van der Waals surface area (Å²) in [4.78, 5) is 10.2. The van der Waals surface area contributed by atoms with Crippen LogP contribution in [0.5, 0.6) is 0 Å². The Labute approximate surface area is 94.8 Å². The molecule has 1 aromatic carbocycles. The van der Waals surface area contributed by atoms with Crippen LogP contribution in [0, 0.1) is 0 Å². The van der Waals surface area contributed by atoms with Crippen LogP contribution in [0.2, 0.25) is 0 Å². The average molecular weight is 306 g/mol. The Morgan fingerprint density at radius 1 is 1.38 bits per heavy atom. The van der Waals surface area contributed by atoms with Crippen molar-refractivity contribution in [2.45, 2.75) is 18.2 Å². The fourth-order valence-electron chi connectivity index (χ4n) is 1.12. The van der Waals surface area contributed by atoms with Gasteiger partial charge in [0.2, 0.25) is 0 Å². The minimum Gasteiger partial charge on any atom is -0.303 e. The zero-order chi connectivity index (χ0) is 9.68. The van der Waals surface area contributed by atoms with Gasteiger partial charge in [-0.05, 0) is 23.6 Å². The van der Waals surface area contributed by atoms with Gasteiger partial charge in [0.1, 0.15) is 6.29 Å². The molecule has 0 amide bonds. The van der Waals surface area contributed by atoms with E-state index >= 15 is 0 Å². The third-order valence-electron chi connectivity index (χ3n) is 1.80. The second kappa shape index (κ2) is 5.55. The van der Waals surface area contributed by atoms with Crippen LogP contribution in [0.25, 0.3) is 0 Å². The predicted octanol–water partition coefficient (Wildman–Crippen LogP) is 3.48. The summed E-state index contributed by atoms with van der Waals surface area (Å²) in [5.41, 5.74) is 2.44. The third-order valence-corrected chi connectivity index (χ3v) is 3.22. The number of hydrogen-bond donors (Lipinski definition) is 0. The summed E-state index contributed by atoms with van der Waals surface area (Å²) in [5, 5.41) is 0.856. The minimum atomic E-state index is 0.588. The molecule has 0 aliphatic carbocycles. The lowest BCUT2D eigenvalue weighted by Crippen LogP contribution is -1.90. The summed E-state index contributed by atoms with van der Waals surface area (Å²) in [7, 11) is 0. The monoisotopic (exact) mass is 304 g/mol. The summed E-state index contributed by atoms with van der Waals surface area (Å²) < 4.78 is 1.08. The van der Waals surface area contributed by atoms with Gasteiger partial charge >= 0.3 is 0 Å². The van der Waals surface area contributed by atoms with Crippen LogP contribution in [-0.2, 0) is 16.5 Å². The molecule has 0 aliphatic rings. The summed E-state index contributed by atoms with van der Waals surface area (Å²) in [6.07, 6.45) is 2.35. The molecule has 0 atom stereocenters. The Balaban J connectivity index is 2.83. The number of benzene rings is 1. The van der Waals surface area contributed by atoms with Crippen molar-refractivity contribution in [1.82, 2.24) is 0 Å². The van der Waals surface area contributed by atoms with Crippen LogP contribution in [0.15, 0.2) is 22.7 Å². The zero-order valence-corrected chi connectivity index (χ0v) is 10.3. The average Bonchev–Trinajstić information content (AvgIpc) is 2.17. The van der Waals surface area contributed by atoms with Crippen molar-refractivity contribution < 1.29 is 4.79 Å². The number of alkyl halides is 1. The number of carbonyl (C=O) groups excluding carboxylic acids is 1. The van der Waals surface area contributed by atoms with Crippen molar-refractivity contribution in [1.29, 1.82) is 0 Å². The standard InChI is InChI=1S/C10H10Br2O/c11-7-8-3-4-10(12)9(6-8)2-1-5-13/h3-6H,1-2,7H2. The van der Waals surface area contributed by atoms with Crippen LogP contribution in [-0.4, -0.2) is 6.29 Å². The van der Waals surface area contributed by atoms with Gasteiger partial charge in [0.25, 0.3) is 0 Å². The van der Waals surface area contributed by atoms with Gasteiger partial charge in [-0.25, -0.2) is 0 Å². The van der Waals surface area contributed by atoms with E-state index in [2.05, 4.69) is 44.0 Å². The van der Waals surface area contributed by atoms with E-state index in [9.17, 15) is 4.79 Å². The topological polar surface area (TPSA) is 17.1 Å². The first-order valence-corrected chi connectivity index (χ1v) is 5.96. The van der Waals surface area contributed by atoms with E-state index in [1.165, 1.54) is 11.1 Å². The molecule has 1 aromatic rings. The highest BCUT2D eigenvalue weighted by molar-refractivity contribution is 9.10. The summed E-state index contributed by atoms with van der Waals surface area (Å²) in [5.74, 6) is 0. The normalized spacial score (nSPS) is 10.0. The first-order valence-electron chi connectivity index (χ1n) is 4.05. The van der Waals surface area contributed by atoms with Gasteiger partial charge in [-0.15, -0.1) is 0 Å². The number of carbonyl (C=O) groups is 1. The molecule has 0 aromatic heterocycles. The molecule has 0 heterocycles. The third kappa shape index (κ3) is 3.24. The van der Waals surface area contributed by atoms with Crippen molar-refractivity contribution in [3.63, 3.8) is 0 Å². The first kappa shape index (κ1) is 10.9. The fourth-order valence-corrected chi connectivity index (χ4v) is 1.91. The van der Waals surface area contributed by atoms with E-state index in [0.29, 0.717) is 6.42 Å². The minimum absolute atomic E-state index is 0.588. The van der Waals surface area contributed by atoms with Gasteiger partial charge < -0.3 is 4.79 Å². The zero-order valence-electron chi connectivity index (χ0n) is 7.09. The maximum absolute atomic E-state index is 10.2. The van der Waals surface area contributed by atoms with Crippen LogP contribution < -0.4 is 0 Å². The van der Waals surface area contributed by atoms with E-state index in [-0.39, 0.29) is 0 Å². The number of aldehydes is 1. The maximum Gasteiger partial charge on any atom is 0.120 e. The maximum atomic E-state index is 10.2. The number of halogens is 2. The fraction of sp³-hybridized carbons (Fsp3) is 0.300. The second-order valence-electron chi connectivity index (χ2n) is 2.76. The van der Waals surface area contributed by atoms with Crippen molar-refractivity contribution in [3.8, 4) is 0 Å². The summed E-state index contributed by atoms with van der Waals surface area (Å²) >= 11 is 6.86. The largest absolute Gasteiger partial charge is 0.303 e. The van der Waals surface area contributed by atoms with Gasteiger partial charge in [0, 0.05) is 16.2 Å². The first-order chi connectivity index (χ1) is 6.27. The molecule has 1 rings (SSSR count). The Bertz CT molecular complexity index is 297. The van der Waals surface area contributed by atoms with Gasteiger partial charge in [-0.1, -0.05) is 44.0 Å². The molecule has 13 heavy (non-hydrogen) atoms. The molecule has 0 aliphatic heterocycles. The number of rotatable bonds is 4. The highest BCUT2D eigenvalue weighted by Gasteiger charge is 2.00. The highest BCUT2D eigenvalue weighted by atomic mass is 79.9. The lowest BCUT2D eigenvalue weighted by Gasteiger charge is -2.04. The molecule has 70 valence electrons. The Morgan fingerprint density at radius 2 is 2.15 bits per heavy atom. The molecule has 0 radical (unpaired) electrons. The van der Waals surface area contributed by atoms with E-state index in [4.69, 9.17) is 0 Å². The molecular formula is C10H10Br2O. The molecule has 0 fully saturated rings. The van der Waals surface area contributed by atoms with E-state index in [1.54, 1.807) is 0 Å². The molecule has 0 N–H and O–H groups in total. The van der Waals surface area contributed by atoms with Crippen molar-refractivity contribution in [2.75, 3.05) is 0 Å². The van der Waals surface area contributed by atoms with Crippen LogP contribution in [0.1, 0.15) is 17.5 Å². The molecule has 1 nitrogen and oxygen atoms in total. The van der Waals surface area contributed by atoms with E-state index in [1.807, 2.05) is 6.07 Å². The van der Waals surface area contributed by atoms with Gasteiger partial charge in [0.05, 0.1) is 0 Å². The smallest absolute Gasteiger partial charge is 0.120 e. The van der Waals surface area contributed by atoms with E-state index < -0.39 is 0 Å². The Kier molecular flexibility index (Phi) is 4.67. The molecule has 0 unspecified atom stereocenters.